The highest BCUT2D eigenvalue weighted by molar-refractivity contribution is 5.90. The van der Waals surface area contributed by atoms with Gasteiger partial charge < -0.3 is 10.2 Å². The Morgan fingerprint density at radius 2 is 1.62 bits per heavy atom. The van der Waals surface area contributed by atoms with E-state index in [1.807, 2.05) is 6.07 Å². The summed E-state index contributed by atoms with van der Waals surface area (Å²) in [6, 6.07) is 16.9. The summed E-state index contributed by atoms with van der Waals surface area (Å²) in [5, 5.41) is 4.57. The minimum atomic E-state index is 0.712. The van der Waals surface area contributed by atoms with Crippen LogP contribution in [0.2, 0.25) is 0 Å². The molecule has 134 valence electrons. The van der Waals surface area contributed by atoms with Crippen LogP contribution in [0.15, 0.2) is 48.5 Å². The molecule has 26 heavy (non-hydrogen) atoms. The van der Waals surface area contributed by atoms with Gasteiger partial charge in [-0.2, -0.15) is 4.98 Å². The minimum Gasteiger partial charge on any atom is -0.356 e. The lowest BCUT2D eigenvalue weighted by Gasteiger charge is -2.23. The highest BCUT2D eigenvalue weighted by atomic mass is 15.2. The topological polar surface area (TPSA) is 41.1 Å². The Hall–Kier alpha value is -2.62. The normalized spacial score (nSPS) is 15.0. The summed E-state index contributed by atoms with van der Waals surface area (Å²) in [5.74, 6) is 1.78. The van der Waals surface area contributed by atoms with Gasteiger partial charge >= 0.3 is 0 Å². The van der Waals surface area contributed by atoms with Gasteiger partial charge in [0.1, 0.15) is 5.82 Å². The van der Waals surface area contributed by atoms with Crippen LogP contribution < -0.4 is 10.2 Å². The van der Waals surface area contributed by atoms with Crippen molar-refractivity contribution in [1.29, 1.82) is 0 Å². The second kappa shape index (κ2) is 7.73. The molecule has 0 radical (unpaired) electrons. The fourth-order valence-electron chi connectivity index (χ4n) is 3.55. The van der Waals surface area contributed by atoms with Gasteiger partial charge in [-0.25, -0.2) is 4.98 Å². The number of para-hydroxylation sites is 1. The molecule has 0 aliphatic carbocycles. The molecule has 1 aliphatic rings. The monoisotopic (exact) mass is 346 g/mol. The largest absolute Gasteiger partial charge is 0.356 e. The van der Waals surface area contributed by atoms with E-state index in [2.05, 4.69) is 59.6 Å². The first-order chi connectivity index (χ1) is 12.8. The number of aromatic nitrogens is 2. The van der Waals surface area contributed by atoms with E-state index >= 15 is 0 Å². The van der Waals surface area contributed by atoms with Crippen molar-refractivity contribution in [3.05, 3.63) is 59.7 Å². The molecular weight excluding hydrogens is 320 g/mol. The molecule has 2 heterocycles. The average Bonchev–Trinajstić information content (AvgIpc) is 2.96. The van der Waals surface area contributed by atoms with Crippen LogP contribution in [0.25, 0.3) is 10.9 Å². The Balaban J connectivity index is 1.63. The number of nitrogens with one attached hydrogen (secondary N) is 1. The molecule has 2 aromatic carbocycles. The van der Waals surface area contributed by atoms with E-state index < -0.39 is 0 Å². The molecule has 1 N–H and O–H groups in total. The third-order valence-electron chi connectivity index (χ3n) is 5.06. The zero-order chi connectivity index (χ0) is 17.8. The van der Waals surface area contributed by atoms with Crippen molar-refractivity contribution in [2.45, 2.75) is 39.2 Å². The Labute approximate surface area is 155 Å². The van der Waals surface area contributed by atoms with E-state index in [0.29, 0.717) is 5.95 Å². The second-order valence-corrected chi connectivity index (χ2v) is 7.13. The third-order valence-corrected chi connectivity index (χ3v) is 5.06. The van der Waals surface area contributed by atoms with Gasteiger partial charge in [0.15, 0.2) is 0 Å². The highest BCUT2D eigenvalue weighted by Crippen LogP contribution is 2.27. The molecular formula is C22H26N4. The third kappa shape index (κ3) is 3.79. The van der Waals surface area contributed by atoms with Gasteiger partial charge in [-0.3, -0.25) is 0 Å². The van der Waals surface area contributed by atoms with Gasteiger partial charge in [0.25, 0.3) is 0 Å². The molecule has 1 aromatic heterocycles. The first-order valence-corrected chi connectivity index (χ1v) is 9.61. The number of benzene rings is 2. The summed E-state index contributed by atoms with van der Waals surface area (Å²) in [6.07, 6.45) is 5.12. The summed E-state index contributed by atoms with van der Waals surface area (Å²) >= 11 is 0. The molecule has 0 saturated carbocycles. The molecule has 1 saturated heterocycles. The summed E-state index contributed by atoms with van der Waals surface area (Å²) in [4.78, 5) is 12.1. The van der Waals surface area contributed by atoms with Gasteiger partial charge in [-0.1, -0.05) is 54.8 Å². The lowest BCUT2D eigenvalue weighted by atomic mass is 10.1. The van der Waals surface area contributed by atoms with E-state index in [0.717, 1.165) is 36.4 Å². The number of anilines is 2. The Morgan fingerprint density at radius 3 is 2.38 bits per heavy atom. The predicted molar refractivity (Wildman–Crippen MR) is 109 cm³/mol. The van der Waals surface area contributed by atoms with Crippen molar-refractivity contribution in [1.82, 2.24) is 9.97 Å². The van der Waals surface area contributed by atoms with Crippen molar-refractivity contribution in [3.8, 4) is 0 Å². The highest BCUT2D eigenvalue weighted by Gasteiger charge is 2.16. The van der Waals surface area contributed by atoms with E-state index in [1.165, 1.54) is 36.8 Å². The van der Waals surface area contributed by atoms with Crippen LogP contribution in [-0.4, -0.2) is 23.1 Å². The van der Waals surface area contributed by atoms with Crippen LogP contribution in [0.4, 0.5) is 11.8 Å². The maximum Gasteiger partial charge on any atom is 0.225 e. The van der Waals surface area contributed by atoms with Gasteiger partial charge in [-0.05, 0) is 37.5 Å². The van der Waals surface area contributed by atoms with E-state index in [-0.39, 0.29) is 0 Å². The summed E-state index contributed by atoms with van der Waals surface area (Å²) in [6.45, 7) is 5.01. The maximum atomic E-state index is 4.90. The van der Waals surface area contributed by atoms with Crippen molar-refractivity contribution in [2.75, 3.05) is 23.3 Å². The molecule has 0 atom stereocenters. The first kappa shape index (κ1) is 16.8. The van der Waals surface area contributed by atoms with Crippen LogP contribution >= 0.6 is 0 Å². The minimum absolute atomic E-state index is 0.712. The van der Waals surface area contributed by atoms with Crippen LogP contribution in [0.3, 0.4) is 0 Å². The zero-order valence-corrected chi connectivity index (χ0v) is 15.4. The maximum absolute atomic E-state index is 4.90. The van der Waals surface area contributed by atoms with Crippen LogP contribution in [-0.2, 0) is 6.54 Å². The van der Waals surface area contributed by atoms with E-state index in [4.69, 9.17) is 9.97 Å². The number of fused-ring (bicyclic) bond motifs is 1. The Kier molecular flexibility index (Phi) is 5.00. The number of hydrogen-bond donors (Lipinski definition) is 1. The predicted octanol–water partition coefficient (Wildman–Crippen LogP) is 4.93. The molecule has 1 fully saturated rings. The molecule has 4 rings (SSSR count). The fourth-order valence-corrected chi connectivity index (χ4v) is 3.55. The quantitative estimate of drug-likeness (QED) is 0.727. The van der Waals surface area contributed by atoms with Crippen molar-refractivity contribution in [3.63, 3.8) is 0 Å². The van der Waals surface area contributed by atoms with Gasteiger partial charge in [0.05, 0.1) is 5.52 Å². The summed E-state index contributed by atoms with van der Waals surface area (Å²) in [7, 11) is 0. The molecule has 4 heteroatoms. The molecule has 3 aromatic rings. The molecule has 1 aliphatic heterocycles. The number of aryl methyl sites for hydroxylation is 1. The molecule has 0 spiro atoms. The SMILES string of the molecule is Cc1ccc(CNc2nc(N3CCCCCC3)c3ccccc3n2)cc1. The fraction of sp³-hybridized carbons (Fsp3) is 0.364. The lowest BCUT2D eigenvalue weighted by Crippen LogP contribution is -2.25. The standard InChI is InChI=1S/C22H26N4/c1-17-10-12-18(13-11-17)16-23-22-24-20-9-5-4-8-19(20)21(25-22)26-14-6-2-3-7-15-26/h4-5,8-13H,2-3,6-7,14-16H2,1H3,(H,23,24,25). The van der Waals surface area contributed by atoms with Crippen LogP contribution in [0.5, 0.6) is 0 Å². The zero-order valence-electron chi connectivity index (χ0n) is 15.4. The number of rotatable bonds is 4. The molecule has 4 nitrogen and oxygen atoms in total. The summed E-state index contributed by atoms with van der Waals surface area (Å²) in [5.41, 5.74) is 3.52. The van der Waals surface area contributed by atoms with Crippen LogP contribution in [0.1, 0.15) is 36.8 Å². The van der Waals surface area contributed by atoms with Crippen molar-refractivity contribution >= 4 is 22.7 Å². The average molecular weight is 346 g/mol. The smallest absolute Gasteiger partial charge is 0.225 e. The Bertz CT molecular complexity index is 865. The number of nitrogens with zero attached hydrogens (tertiary/aromatic N) is 3. The first-order valence-electron chi connectivity index (χ1n) is 9.61. The lowest BCUT2D eigenvalue weighted by molar-refractivity contribution is 0.726. The van der Waals surface area contributed by atoms with E-state index in [1.54, 1.807) is 0 Å². The Morgan fingerprint density at radius 1 is 0.885 bits per heavy atom. The van der Waals surface area contributed by atoms with Gasteiger partial charge in [-0.15, -0.1) is 0 Å². The molecule has 0 unspecified atom stereocenters. The number of hydrogen-bond acceptors (Lipinski definition) is 4. The van der Waals surface area contributed by atoms with Crippen molar-refractivity contribution < 1.29 is 0 Å². The molecule has 0 amide bonds. The van der Waals surface area contributed by atoms with E-state index in [9.17, 15) is 0 Å². The van der Waals surface area contributed by atoms with Gasteiger partial charge in [0, 0.05) is 25.0 Å². The summed E-state index contributed by atoms with van der Waals surface area (Å²) < 4.78 is 0. The van der Waals surface area contributed by atoms with Crippen molar-refractivity contribution in [2.24, 2.45) is 0 Å². The van der Waals surface area contributed by atoms with Gasteiger partial charge in [0.2, 0.25) is 5.95 Å². The molecule has 0 bridgehead atoms. The second-order valence-electron chi connectivity index (χ2n) is 7.13. The van der Waals surface area contributed by atoms with Crippen LogP contribution in [0, 0.1) is 6.92 Å².